The van der Waals surface area contributed by atoms with E-state index in [0.29, 0.717) is 0 Å². The number of aliphatic hydroxyl groups is 1. The highest BCUT2D eigenvalue weighted by Gasteiger charge is 2.59. The number of carbonyl (C=O) groups excluding carboxylic acids is 4. The van der Waals surface area contributed by atoms with Crippen LogP contribution in [-0.4, -0.2) is 97.3 Å². The van der Waals surface area contributed by atoms with Crippen molar-refractivity contribution in [3.05, 3.63) is 0 Å². The van der Waals surface area contributed by atoms with Crippen molar-refractivity contribution in [3.63, 3.8) is 0 Å². The molecule has 2 aliphatic heterocycles. The SMILES string of the molecule is COC(=O)[C@H](C[C@]1(C(=O)OC)C[C@H]2OC[C@@H](O)[C@@H](NC(=O)OC(C)(C)C)[C@H]2O1)NC(=O)OC(C)(C)C. The molecule has 0 spiro atoms. The molecular formula is C23H38N2O11. The van der Waals surface area contributed by atoms with Crippen molar-refractivity contribution < 1.29 is 52.7 Å². The summed E-state index contributed by atoms with van der Waals surface area (Å²) in [5, 5.41) is 15.5. The first-order chi connectivity index (χ1) is 16.5. The summed E-state index contributed by atoms with van der Waals surface area (Å²) in [7, 11) is 2.28. The minimum atomic E-state index is -1.77. The molecular weight excluding hydrogens is 480 g/mol. The fourth-order valence-corrected chi connectivity index (χ4v) is 4.10. The van der Waals surface area contributed by atoms with Crippen LogP contribution in [0.3, 0.4) is 0 Å². The molecule has 0 aliphatic carbocycles. The summed E-state index contributed by atoms with van der Waals surface area (Å²) in [5.41, 5.74) is -3.39. The van der Waals surface area contributed by atoms with Gasteiger partial charge in [-0.1, -0.05) is 0 Å². The maximum absolute atomic E-state index is 13.0. The van der Waals surface area contributed by atoms with Crippen LogP contribution in [0.2, 0.25) is 0 Å². The van der Waals surface area contributed by atoms with Crippen LogP contribution in [0.5, 0.6) is 0 Å². The van der Waals surface area contributed by atoms with Gasteiger partial charge in [-0.3, -0.25) is 0 Å². The molecule has 2 fully saturated rings. The Hall–Kier alpha value is -2.64. The second-order valence-electron chi connectivity index (χ2n) is 10.8. The number of carbonyl (C=O) groups is 4. The number of fused-ring (bicyclic) bond motifs is 1. The Balaban J connectivity index is 2.30. The molecule has 0 bridgehead atoms. The van der Waals surface area contributed by atoms with Gasteiger partial charge in [0.15, 0.2) is 5.60 Å². The normalized spacial score (nSPS) is 28.8. The number of amides is 2. The van der Waals surface area contributed by atoms with Crippen LogP contribution in [-0.2, 0) is 38.0 Å². The zero-order valence-electron chi connectivity index (χ0n) is 22.0. The van der Waals surface area contributed by atoms with Gasteiger partial charge in [0.1, 0.15) is 29.5 Å². The molecule has 6 atom stereocenters. The van der Waals surface area contributed by atoms with E-state index in [2.05, 4.69) is 10.6 Å². The first-order valence-electron chi connectivity index (χ1n) is 11.6. The summed E-state index contributed by atoms with van der Waals surface area (Å²) in [6, 6.07) is -2.33. The molecule has 3 N–H and O–H groups in total. The van der Waals surface area contributed by atoms with Crippen molar-refractivity contribution in [2.45, 2.75) is 102 Å². The minimum absolute atomic E-state index is 0.0763. The second-order valence-corrected chi connectivity index (χ2v) is 10.8. The maximum atomic E-state index is 13.0. The van der Waals surface area contributed by atoms with Crippen molar-refractivity contribution in [3.8, 4) is 0 Å². The van der Waals surface area contributed by atoms with Crippen LogP contribution in [0, 0.1) is 0 Å². The van der Waals surface area contributed by atoms with E-state index in [1.807, 2.05) is 0 Å². The molecule has 0 radical (unpaired) electrons. The maximum Gasteiger partial charge on any atom is 0.408 e. The first kappa shape index (κ1) is 29.6. The molecule has 2 aliphatic rings. The molecule has 0 unspecified atom stereocenters. The van der Waals surface area contributed by atoms with E-state index >= 15 is 0 Å². The smallest absolute Gasteiger partial charge is 0.408 e. The number of nitrogens with one attached hydrogen (secondary N) is 2. The number of ether oxygens (including phenoxy) is 6. The Morgan fingerprint density at radius 1 is 1.00 bits per heavy atom. The largest absolute Gasteiger partial charge is 0.467 e. The predicted molar refractivity (Wildman–Crippen MR) is 123 cm³/mol. The standard InChI is InChI=1S/C23H38N2O11/c1-21(2,3)35-19(29)24-12(17(27)31-7)9-23(18(28)32-8)10-14-16(34-23)15(13(26)11-33-14)25-20(30)36-22(4,5)6/h12-16,26H,9-11H2,1-8H3,(H,24,29)(H,25,30)/t12-,13+,14+,15+,16-,23+/m0/s1. The van der Waals surface area contributed by atoms with Crippen LogP contribution in [0.4, 0.5) is 9.59 Å². The summed E-state index contributed by atoms with van der Waals surface area (Å²) < 4.78 is 32.1. The molecule has 0 aromatic rings. The van der Waals surface area contributed by atoms with Gasteiger partial charge in [0.25, 0.3) is 0 Å². The number of alkyl carbamates (subject to hydrolysis) is 2. The summed E-state index contributed by atoms with van der Waals surface area (Å²) in [6.45, 7) is 9.89. The van der Waals surface area contributed by atoms with Crippen molar-refractivity contribution >= 4 is 24.1 Å². The van der Waals surface area contributed by atoms with Gasteiger partial charge in [0.05, 0.1) is 33.0 Å². The summed E-state index contributed by atoms with van der Waals surface area (Å²) >= 11 is 0. The molecule has 13 nitrogen and oxygen atoms in total. The van der Waals surface area contributed by atoms with E-state index < -0.39 is 71.3 Å². The molecule has 2 amide bonds. The van der Waals surface area contributed by atoms with Gasteiger partial charge in [0, 0.05) is 12.8 Å². The van der Waals surface area contributed by atoms with Crippen LogP contribution >= 0.6 is 0 Å². The lowest BCUT2D eigenvalue weighted by molar-refractivity contribution is -0.179. The second kappa shape index (κ2) is 11.2. The molecule has 0 saturated carbocycles. The van der Waals surface area contributed by atoms with Gasteiger partial charge in [-0.15, -0.1) is 0 Å². The Bertz CT molecular complexity index is 835. The zero-order chi connectivity index (χ0) is 27.5. The van der Waals surface area contributed by atoms with Gasteiger partial charge in [0.2, 0.25) is 0 Å². The molecule has 206 valence electrons. The average molecular weight is 519 g/mol. The number of methoxy groups -OCH3 is 2. The number of rotatable bonds is 6. The van der Waals surface area contributed by atoms with Gasteiger partial charge >= 0.3 is 24.1 Å². The predicted octanol–water partition coefficient (Wildman–Crippen LogP) is 0.797. The highest BCUT2D eigenvalue weighted by atomic mass is 16.6. The molecule has 0 aromatic carbocycles. The van der Waals surface area contributed by atoms with Crippen molar-refractivity contribution in [1.29, 1.82) is 0 Å². The fourth-order valence-electron chi connectivity index (χ4n) is 4.10. The monoisotopic (exact) mass is 518 g/mol. The van der Waals surface area contributed by atoms with E-state index in [0.717, 1.165) is 14.2 Å². The van der Waals surface area contributed by atoms with Gasteiger partial charge in [-0.25, -0.2) is 19.2 Å². The summed E-state index contributed by atoms with van der Waals surface area (Å²) in [5.74, 6) is -1.67. The third kappa shape index (κ3) is 7.68. The fraction of sp³-hybridized carbons (Fsp3) is 0.826. The first-order valence-corrected chi connectivity index (χ1v) is 11.6. The van der Waals surface area contributed by atoms with Gasteiger partial charge in [-0.2, -0.15) is 0 Å². The molecule has 13 heteroatoms. The highest BCUT2D eigenvalue weighted by Crippen LogP contribution is 2.41. The third-order valence-electron chi connectivity index (χ3n) is 5.46. The third-order valence-corrected chi connectivity index (χ3v) is 5.46. The number of hydrogen-bond donors (Lipinski definition) is 3. The zero-order valence-corrected chi connectivity index (χ0v) is 22.0. The van der Waals surface area contributed by atoms with E-state index in [1.165, 1.54) is 0 Å². The molecule has 2 heterocycles. The Kier molecular flexibility index (Phi) is 9.19. The average Bonchev–Trinajstić information content (AvgIpc) is 3.11. The van der Waals surface area contributed by atoms with E-state index in [9.17, 15) is 24.3 Å². The number of hydrogen-bond acceptors (Lipinski definition) is 11. The van der Waals surface area contributed by atoms with Crippen LogP contribution in [0.25, 0.3) is 0 Å². The van der Waals surface area contributed by atoms with Gasteiger partial charge in [-0.05, 0) is 41.5 Å². The molecule has 36 heavy (non-hydrogen) atoms. The van der Waals surface area contributed by atoms with Gasteiger partial charge < -0.3 is 44.2 Å². The molecule has 2 rings (SSSR count). The minimum Gasteiger partial charge on any atom is -0.467 e. The van der Waals surface area contributed by atoms with Crippen molar-refractivity contribution in [2.75, 3.05) is 20.8 Å². The van der Waals surface area contributed by atoms with E-state index in [-0.39, 0.29) is 19.4 Å². The molecule has 2 saturated heterocycles. The van der Waals surface area contributed by atoms with Crippen LogP contribution in [0.1, 0.15) is 54.4 Å². The van der Waals surface area contributed by atoms with Crippen molar-refractivity contribution in [2.24, 2.45) is 0 Å². The van der Waals surface area contributed by atoms with Crippen LogP contribution < -0.4 is 10.6 Å². The van der Waals surface area contributed by atoms with E-state index in [4.69, 9.17) is 28.4 Å². The lowest BCUT2D eigenvalue weighted by atomic mass is 9.88. The van der Waals surface area contributed by atoms with E-state index in [1.54, 1.807) is 41.5 Å². The highest BCUT2D eigenvalue weighted by molar-refractivity contribution is 5.85. The summed E-state index contributed by atoms with van der Waals surface area (Å²) in [6.07, 6.45) is -5.03. The Morgan fingerprint density at radius 2 is 1.58 bits per heavy atom. The lowest BCUT2D eigenvalue weighted by Crippen LogP contribution is -2.60. The topological polar surface area (TPSA) is 168 Å². The van der Waals surface area contributed by atoms with Crippen molar-refractivity contribution in [1.82, 2.24) is 10.6 Å². The summed E-state index contributed by atoms with van der Waals surface area (Å²) in [4.78, 5) is 50.3. The Morgan fingerprint density at radius 3 is 2.11 bits per heavy atom. The molecule has 0 aromatic heterocycles. The number of aliphatic hydroxyl groups excluding tert-OH is 1. The quantitative estimate of drug-likeness (QED) is 0.336. The van der Waals surface area contributed by atoms with Crippen LogP contribution in [0.15, 0.2) is 0 Å². The lowest BCUT2D eigenvalue weighted by Gasteiger charge is -2.37. The Labute approximate surface area is 210 Å². The number of esters is 2.